The van der Waals surface area contributed by atoms with Crippen LogP contribution in [0, 0.1) is 11.8 Å². The summed E-state index contributed by atoms with van der Waals surface area (Å²) in [4.78, 5) is 0. The van der Waals surface area contributed by atoms with Crippen molar-refractivity contribution >= 4 is 11.6 Å². The summed E-state index contributed by atoms with van der Waals surface area (Å²) in [5, 5.41) is 5.38. The minimum absolute atomic E-state index is 0.319. The molecule has 3 unspecified atom stereocenters. The highest BCUT2D eigenvalue weighted by atomic mass is 35.5. The maximum absolute atomic E-state index is 6.47. The van der Waals surface area contributed by atoms with Gasteiger partial charge in [0.25, 0.3) is 0 Å². The number of aromatic nitrogens is 2. The van der Waals surface area contributed by atoms with Crippen LogP contribution in [0.1, 0.15) is 57.3 Å². The smallest absolute Gasteiger partial charge is 0.0849 e. The van der Waals surface area contributed by atoms with Gasteiger partial charge in [0.2, 0.25) is 0 Å². The minimum Gasteiger partial charge on any atom is -0.327 e. The van der Waals surface area contributed by atoms with E-state index < -0.39 is 0 Å². The van der Waals surface area contributed by atoms with E-state index in [1.165, 1.54) is 31.4 Å². The van der Waals surface area contributed by atoms with Crippen LogP contribution in [-0.2, 0) is 19.9 Å². The maximum Gasteiger partial charge on any atom is 0.0849 e. The highest BCUT2D eigenvalue weighted by molar-refractivity contribution is 6.31. The van der Waals surface area contributed by atoms with Crippen LogP contribution in [-0.4, -0.2) is 15.8 Å². The van der Waals surface area contributed by atoms with Crippen molar-refractivity contribution in [2.24, 2.45) is 24.6 Å². The Balaban J connectivity index is 2.09. The molecule has 1 aromatic rings. The Morgan fingerprint density at radius 2 is 2.10 bits per heavy atom. The van der Waals surface area contributed by atoms with Gasteiger partial charge in [-0.3, -0.25) is 4.68 Å². The lowest BCUT2D eigenvalue weighted by Crippen LogP contribution is -2.37. The standard InChI is InChI=1S/C16H28ClN3/c1-4-6-11-7-8-13(18)12(9-11)10-15-16(17)14(5-2)19-20(15)3/h11-13H,4-10,18H2,1-3H3. The zero-order valence-electron chi connectivity index (χ0n) is 13.0. The lowest BCUT2D eigenvalue weighted by molar-refractivity contribution is 0.219. The van der Waals surface area contributed by atoms with Crippen molar-refractivity contribution in [2.45, 2.75) is 64.8 Å². The molecule has 0 amide bonds. The van der Waals surface area contributed by atoms with Crippen molar-refractivity contribution in [2.75, 3.05) is 0 Å². The SMILES string of the molecule is CCCC1CCC(N)C(Cc2c(Cl)c(CC)nn2C)C1. The number of hydrogen-bond acceptors (Lipinski definition) is 2. The second kappa shape index (κ2) is 6.95. The summed E-state index contributed by atoms with van der Waals surface area (Å²) in [5.41, 5.74) is 8.53. The Hall–Kier alpha value is -0.540. The van der Waals surface area contributed by atoms with Gasteiger partial charge in [0.1, 0.15) is 0 Å². The van der Waals surface area contributed by atoms with Crippen molar-refractivity contribution in [1.29, 1.82) is 0 Å². The second-order valence-electron chi connectivity index (χ2n) is 6.28. The van der Waals surface area contributed by atoms with Crippen LogP contribution in [0.25, 0.3) is 0 Å². The normalized spacial score (nSPS) is 26.9. The molecule has 1 fully saturated rings. The monoisotopic (exact) mass is 297 g/mol. The Kier molecular flexibility index (Phi) is 5.50. The Morgan fingerprint density at radius 1 is 1.35 bits per heavy atom. The number of aryl methyl sites for hydroxylation is 2. The van der Waals surface area contributed by atoms with Crippen molar-refractivity contribution in [1.82, 2.24) is 9.78 Å². The molecule has 4 heteroatoms. The highest BCUT2D eigenvalue weighted by Crippen LogP contribution is 2.35. The van der Waals surface area contributed by atoms with Crippen molar-refractivity contribution in [3.63, 3.8) is 0 Å². The molecule has 1 saturated carbocycles. The van der Waals surface area contributed by atoms with Gasteiger partial charge in [-0.15, -0.1) is 0 Å². The first kappa shape index (κ1) is 15.8. The van der Waals surface area contributed by atoms with E-state index in [1.54, 1.807) is 0 Å². The van der Waals surface area contributed by atoms with Crippen molar-refractivity contribution < 1.29 is 0 Å². The molecule has 3 nitrogen and oxygen atoms in total. The lowest BCUT2D eigenvalue weighted by atomic mass is 9.75. The lowest BCUT2D eigenvalue weighted by Gasteiger charge is -2.34. The molecule has 0 spiro atoms. The third-order valence-corrected chi connectivity index (χ3v) is 5.24. The van der Waals surface area contributed by atoms with Crippen LogP contribution < -0.4 is 5.73 Å². The van der Waals surface area contributed by atoms with Gasteiger partial charge < -0.3 is 5.73 Å². The molecule has 3 atom stereocenters. The average Bonchev–Trinajstić information content (AvgIpc) is 2.70. The predicted octanol–water partition coefficient (Wildman–Crippen LogP) is 3.72. The molecular weight excluding hydrogens is 270 g/mol. The molecule has 1 aliphatic carbocycles. The van der Waals surface area contributed by atoms with Crippen molar-refractivity contribution in [3.05, 3.63) is 16.4 Å². The van der Waals surface area contributed by atoms with Crippen LogP contribution >= 0.6 is 11.6 Å². The summed E-state index contributed by atoms with van der Waals surface area (Å²) >= 11 is 6.47. The highest BCUT2D eigenvalue weighted by Gasteiger charge is 2.29. The number of hydrogen-bond donors (Lipinski definition) is 1. The van der Waals surface area contributed by atoms with Crippen LogP contribution in [0.5, 0.6) is 0 Å². The molecule has 1 aromatic heterocycles. The molecule has 2 N–H and O–H groups in total. The molecule has 20 heavy (non-hydrogen) atoms. The topological polar surface area (TPSA) is 43.8 Å². The van der Waals surface area contributed by atoms with Gasteiger partial charge in [0.15, 0.2) is 0 Å². The molecule has 114 valence electrons. The number of nitrogens with two attached hydrogens (primary N) is 1. The fourth-order valence-electron chi connectivity index (χ4n) is 3.58. The quantitative estimate of drug-likeness (QED) is 0.900. The average molecular weight is 298 g/mol. The molecule has 1 heterocycles. The Labute approximate surface area is 127 Å². The molecule has 0 saturated heterocycles. The molecule has 1 aliphatic rings. The Bertz CT molecular complexity index is 441. The third kappa shape index (κ3) is 3.37. The number of halogens is 1. The Morgan fingerprint density at radius 3 is 2.70 bits per heavy atom. The van der Waals surface area contributed by atoms with E-state index in [0.29, 0.717) is 12.0 Å². The van der Waals surface area contributed by atoms with E-state index >= 15 is 0 Å². The summed E-state index contributed by atoms with van der Waals surface area (Å²) in [6, 6.07) is 0.319. The van der Waals surface area contributed by atoms with Crippen molar-refractivity contribution in [3.8, 4) is 0 Å². The molecule has 0 aliphatic heterocycles. The zero-order chi connectivity index (χ0) is 14.7. The van der Waals surface area contributed by atoms with E-state index in [-0.39, 0.29) is 0 Å². The van der Waals surface area contributed by atoms with Crippen LogP contribution in [0.2, 0.25) is 5.02 Å². The van der Waals surface area contributed by atoms with Gasteiger partial charge >= 0.3 is 0 Å². The predicted molar refractivity (Wildman–Crippen MR) is 85.0 cm³/mol. The summed E-state index contributed by atoms with van der Waals surface area (Å²) in [7, 11) is 2.00. The largest absolute Gasteiger partial charge is 0.327 e. The fourth-order valence-corrected chi connectivity index (χ4v) is 3.95. The first-order chi connectivity index (χ1) is 9.56. The van der Waals surface area contributed by atoms with E-state index in [2.05, 4.69) is 18.9 Å². The van der Waals surface area contributed by atoms with Gasteiger partial charge in [0.05, 0.1) is 16.4 Å². The van der Waals surface area contributed by atoms with E-state index in [1.807, 2.05) is 11.7 Å². The molecule has 0 radical (unpaired) electrons. The second-order valence-corrected chi connectivity index (χ2v) is 6.66. The molecule has 0 aromatic carbocycles. The maximum atomic E-state index is 6.47. The number of rotatable bonds is 5. The van der Waals surface area contributed by atoms with Crippen LogP contribution in [0.15, 0.2) is 0 Å². The molecule has 2 rings (SSSR count). The van der Waals surface area contributed by atoms with Gasteiger partial charge in [-0.05, 0) is 43.9 Å². The summed E-state index contributed by atoms with van der Waals surface area (Å²) in [5.74, 6) is 1.40. The summed E-state index contributed by atoms with van der Waals surface area (Å²) in [6.45, 7) is 4.37. The van der Waals surface area contributed by atoms with E-state index in [0.717, 1.165) is 35.9 Å². The fraction of sp³-hybridized carbons (Fsp3) is 0.812. The summed E-state index contributed by atoms with van der Waals surface area (Å²) < 4.78 is 1.96. The zero-order valence-corrected chi connectivity index (χ0v) is 13.8. The summed E-state index contributed by atoms with van der Waals surface area (Å²) in [6.07, 6.45) is 8.18. The number of nitrogens with zero attached hydrogens (tertiary/aromatic N) is 2. The van der Waals surface area contributed by atoms with Gasteiger partial charge in [-0.25, -0.2) is 0 Å². The first-order valence-electron chi connectivity index (χ1n) is 8.02. The molecular formula is C16H28ClN3. The third-order valence-electron chi connectivity index (χ3n) is 4.81. The van der Waals surface area contributed by atoms with Gasteiger partial charge in [0, 0.05) is 13.1 Å². The first-order valence-corrected chi connectivity index (χ1v) is 8.40. The van der Waals surface area contributed by atoms with Gasteiger partial charge in [-0.1, -0.05) is 38.3 Å². The van der Waals surface area contributed by atoms with E-state index in [4.69, 9.17) is 17.3 Å². The van der Waals surface area contributed by atoms with E-state index in [9.17, 15) is 0 Å². The minimum atomic E-state index is 0.319. The van der Waals surface area contributed by atoms with Crippen LogP contribution in [0.4, 0.5) is 0 Å². The molecule has 0 bridgehead atoms. The van der Waals surface area contributed by atoms with Gasteiger partial charge in [-0.2, -0.15) is 5.10 Å². The van der Waals surface area contributed by atoms with Crippen LogP contribution in [0.3, 0.4) is 0 Å².